The molecule has 0 aliphatic carbocycles. The zero-order chi connectivity index (χ0) is 16.7. The summed E-state index contributed by atoms with van der Waals surface area (Å²) in [6.07, 6.45) is 1.55. The van der Waals surface area contributed by atoms with E-state index in [-0.39, 0.29) is 5.92 Å². The van der Waals surface area contributed by atoms with E-state index in [0.29, 0.717) is 12.2 Å². The van der Waals surface area contributed by atoms with Crippen LogP contribution in [0.15, 0.2) is 42.5 Å². The molecule has 0 aliphatic rings. The molecule has 0 N–H and O–H groups in total. The van der Waals surface area contributed by atoms with Gasteiger partial charge in [0.2, 0.25) is 0 Å². The van der Waals surface area contributed by atoms with E-state index < -0.39 is 0 Å². The molecule has 2 aromatic rings. The van der Waals surface area contributed by atoms with Gasteiger partial charge in [0.25, 0.3) is 0 Å². The van der Waals surface area contributed by atoms with Crippen LogP contribution in [0.4, 0.5) is 0 Å². The lowest BCUT2D eigenvalue weighted by Crippen LogP contribution is -2.03. The molecule has 0 fully saturated rings. The van der Waals surface area contributed by atoms with Gasteiger partial charge in [0.05, 0.1) is 30.2 Å². The van der Waals surface area contributed by atoms with Crippen LogP contribution in [0.1, 0.15) is 41.0 Å². The quantitative estimate of drug-likeness (QED) is 0.730. The molecule has 0 amide bonds. The molecule has 116 valence electrons. The average Bonchev–Trinajstić information content (AvgIpc) is 2.58. The summed E-state index contributed by atoms with van der Waals surface area (Å²) in [5.74, 6) is 0.752. The fourth-order valence-corrected chi connectivity index (χ4v) is 2.43. The summed E-state index contributed by atoms with van der Waals surface area (Å²) in [7, 11) is 0. The van der Waals surface area contributed by atoms with Gasteiger partial charge in [-0.2, -0.15) is 10.5 Å². The molecule has 0 radical (unpaired) electrons. The van der Waals surface area contributed by atoms with Crippen molar-refractivity contribution >= 4 is 0 Å². The maximum atomic E-state index is 9.35. The van der Waals surface area contributed by atoms with Crippen molar-refractivity contribution in [3.63, 3.8) is 0 Å². The minimum absolute atomic E-state index is 0.162. The lowest BCUT2D eigenvalue weighted by atomic mass is 9.95. The van der Waals surface area contributed by atoms with Crippen molar-refractivity contribution < 1.29 is 4.74 Å². The highest BCUT2D eigenvalue weighted by Crippen LogP contribution is 2.23. The molecule has 3 heteroatoms. The summed E-state index contributed by atoms with van der Waals surface area (Å²) in [6.45, 7) is 4.67. The summed E-state index contributed by atoms with van der Waals surface area (Å²) >= 11 is 0. The molecule has 0 saturated carbocycles. The number of hydrogen-bond donors (Lipinski definition) is 0. The first-order valence-corrected chi connectivity index (χ1v) is 7.74. The topological polar surface area (TPSA) is 56.8 Å². The smallest absolute Gasteiger partial charge is 0.122 e. The van der Waals surface area contributed by atoms with E-state index in [1.165, 1.54) is 5.56 Å². The Balaban J connectivity index is 1.87. The first-order valence-electron chi connectivity index (χ1n) is 7.74. The van der Waals surface area contributed by atoms with Gasteiger partial charge in [-0.15, -0.1) is 0 Å². The van der Waals surface area contributed by atoms with E-state index in [1.54, 1.807) is 12.1 Å². The van der Waals surface area contributed by atoms with Gasteiger partial charge in [-0.3, -0.25) is 0 Å². The van der Waals surface area contributed by atoms with E-state index in [2.05, 4.69) is 24.3 Å². The normalized spacial score (nSPS) is 11.3. The molecule has 1 unspecified atom stereocenters. The van der Waals surface area contributed by atoms with Crippen molar-refractivity contribution in [2.24, 2.45) is 0 Å². The lowest BCUT2D eigenvalue weighted by Gasteiger charge is -2.12. The fourth-order valence-electron chi connectivity index (χ4n) is 2.43. The minimum Gasteiger partial charge on any atom is -0.493 e. The van der Waals surface area contributed by atoms with Crippen LogP contribution in [-0.4, -0.2) is 6.61 Å². The standard InChI is InChI=1S/C20H20N2O/c1-15-5-6-16(2)20(12-15)23-11-3-4-19(14-22)18-9-7-17(13-21)8-10-18/h5-10,12,19H,3-4,11H2,1-2H3. The Hall–Kier alpha value is -2.78. The van der Waals surface area contributed by atoms with Gasteiger partial charge < -0.3 is 4.74 Å². The Morgan fingerprint density at radius 1 is 1.04 bits per heavy atom. The summed E-state index contributed by atoms with van der Waals surface area (Å²) < 4.78 is 5.83. The highest BCUT2D eigenvalue weighted by molar-refractivity contribution is 5.36. The van der Waals surface area contributed by atoms with Gasteiger partial charge in [-0.05, 0) is 61.6 Å². The van der Waals surface area contributed by atoms with Crippen LogP contribution in [-0.2, 0) is 0 Å². The van der Waals surface area contributed by atoms with Crippen LogP contribution in [0, 0.1) is 36.5 Å². The largest absolute Gasteiger partial charge is 0.493 e. The number of ether oxygens (including phenoxy) is 1. The van der Waals surface area contributed by atoms with Gasteiger partial charge in [-0.1, -0.05) is 24.3 Å². The molecule has 0 aliphatic heterocycles. The second-order valence-electron chi connectivity index (χ2n) is 5.68. The predicted octanol–water partition coefficient (Wildman–Crippen LogP) is 4.64. The van der Waals surface area contributed by atoms with Crippen LogP contribution >= 0.6 is 0 Å². The van der Waals surface area contributed by atoms with Gasteiger partial charge in [-0.25, -0.2) is 0 Å². The molecule has 2 aromatic carbocycles. The van der Waals surface area contributed by atoms with Crippen molar-refractivity contribution in [2.45, 2.75) is 32.6 Å². The fraction of sp³-hybridized carbons (Fsp3) is 0.300. The van der Waals surface area contributed by atoms with E-state index in [9.17, 15) is 5.26 Å². The number of benzene rings is 2. The van der Waals surface area contributed by atoms with Crippen LogP contribution in [0.5, 0.6) is 5.75 Å². The highest BCUT2D eigenvalue weighted by atomic mass is 16.5. The maximum absolute atomic E-state index is 9.35. The van der Waals surface area contributed by atoms with E-state index in [0.717, 1.165) is 29.7 Å². The Bertz CT molecular complexity index is 736. The van der Waals surface area contributed by atoms with Gasteiger partial charge in [0.15, 0.2) is 0 Å². The lowest BCUT2D eigenvalue weighted by molar-refractivity contribution is 0.303. The second kappa shape index (κ2) is 8.01. The zero-order valence-electron chi connectivity index (χ0n) is 13.5. The minimum atomic E-state index is -0.162. The van der Waals surface area contributed by atoms with E-state index in [4.69, 9.17) is 10.00 Å². The first kappa shape index (κ1) is 16.6. The third-order valence-corrected chi connectivity index (χ3v) is 3.84. The summed E-state index contributed by atoms with van der Waals surface area (Å²) in [5, 5.41) is 18.2. The van der Waals surface area contributed by atoms with Gasteiger partial charge >= 0.3 is 0 Å². The third kappa shape index (κ3) is 4.59. The van der Waals surface area contributed by atoms with E-state index >= 15 is 0 Å². The summed E-state index contributed by atoms with van der Waals surface area (Å²) in [6, 6.07) is 17.8. The summed E-state index contributed by atoms with van der Waals surface area (Å²) in [4.78, 5) is 0. The number of nitriles is 2. The molecule has 0 spiro atoms. The van der Waals surface area contributed by atoms with Crippen LogP contribution in [0.2, 0.25) is 0 Å². The molecule has 0 heterocycles. The number of hydrogen-bond acceptors (Lipinski definition) is 3. The molecular formula is C20H20N2O. The van der Waals surface area contributed by atoms with Gasteiger partial charge in [0.1, 0.15) is 5.75 Å². The maximum Gasteiger partial charge on any atom is 0.122 e. The molecule has 1 atom stereocenters. The summed E-state index contributed by atoms with van der Waals surface area (Å²) in [5.41, 5.74) is 3.87. The molecular weight excluding hydrogens is 284 g/mol. The van der Waals surface area contributed by atoms with Crippen molar-refractivity contribution in [3.8, 4) is 17.9 Å². The SMILES string of the molecule is Cc1ccc(C)c(OCCCC(C#N)c2ccc(C#N)cc2)c1. The number of nitrogens with zero attached hydrogens (tertiary/aromatic N) is 2. The Kier molecular flexibility index (Phi) is 5.78. The predicted molar refractivity (Wildman–Crippen MR) is 90.2 cm³/mol. The molecule has 2 rings (SSSR count). The molecule has 0 aromatic heterocycles. The van der Waals surface area contributed by atoms with Crippen molar-refractivity contribution in [1.82, 2.24) is 0 Å². The van der Waals surface area contributed by atoms with E-state index in [1.807, 2.05) is 32.0 Å². The van der Waals surface area contributed by atoms with Crippen LogP contribution < -0.4 is 4.74 Å². The highest BCUT2D eigenvalue weighted by Gasteiger charge is 2.10. The van der Waals surface area contributed by atoms with Crippen LogP contribution in [0.25, 0.3) is 0 Å². The average molecular weight is 304 g/mol. The van der Waals surface area contributed by atoms with Crippen molar-refractivity contribution in [3.05, 3.63) is 64.7 Å². The molecule has 3 nitrogen and oxygen atoms in total. The zero-order valence-corrected chi connectivity index (χ0v) is 13.5. The molecule has 0 bridgehead atoms. The first-order chi connectivity index (χ1) is 11.1. The van der Waals surface area contributed by atoms with Gasteiger partial charge in [0, 0.05) is 0 Å². The monoisotopic (exact) mass is 304 g/mol. The Morgan fingerprint density at radius 3 is 2.43 bits per heavy atom. The van der Waals surface area contributed by atoms with Crippen LogP contribution in [0.3, 0.4) is 0 Å². The number of rotatable bonds is 6. The molecule has 0 saturated heterocycles. The third-order valence-electron chi connectivity index (χ3n) is 3.84. The Morgan fingerprint density at radius 2 is 1.78 bits per heavy atom. The van der Waals surface area contributed by atoms with Crippen molar-refractivity contribution in [2.75, 3.05) is 6.61 Å². The van der Waals surface area contributed by atoms with Crippen molar-refractivity contribution in [1.29, 1.82) is 10.5 Å². The molecule has 23 heavy (non-hydrogen) atoms. The second-order valence-corrected chi connectivity index (χ2v) is 5.68. The Labute approximate surface area is 137 Å². The number of aryl methyl sites for hydroxylation is 2.